The molecule has 0 spiro atoms. The topological polar surface area (TPSA) is 108 Å². The maximum atomic E-state index is 13.6. The second kappa shape index (κ2) is 7.34. The molecule has 0 aliphatic carbocycles. The van der Waals surface area contributed by atoms with E-state index in [9.17, 15) is 18.8 Å². The molecule has 1 amide bonds. The van der Waals surface area contributed by atoms with E-state index >= 15 is 0 Å². The van der Waals surface area contributed by atoms with Crippen molar-refractivity contribution in [3.63, 3.8) is 0 Å². The SMILES string of the molecule is CCOC(=O)C(N)C(=O)Nc1cc(C(=O)OC)ccc1F. The molecule has 1 unspecified atom stereocenters. The highest BCUT2D eigenvalue weighted by molar-refractivity contribution is 6.08. The predicted molar refractivity (Wildman–Crippen MR) is 71.0 cm³/mol. The van der Waals surface area contributed by atoms with Crippen molar-refractivity contribution in [2.75, 3.05) is 19.0 Å². The van der Waals surface area contributed by atoms with E-state index < -0.39 is 29.7 Å². The summed E-state index contributed by atoms with van der Waals surface area (Å²) in [4.78, 5) is 34.4. The zero-order chi connectivity index (χ0) is 16.0. The Morgan fingerprint density at radius 3 is 2.62 bits per heavy atom. The first-order chi connectivity index (χ1) is 9.90. The first kappa shape index (κ1) is 16.6. The van der Waals surface area contributed by atoms with E-state index in [1.165, 1.54) is 13.2 Å². The Labute approximate surface area is 120 Å². The molecule has 1 aromatic carbocycles. The summed E-state index contributed by atoms with van der Waals surface area (Å²) in [6.45, 7) is 1.62. The van der Waals surface area contributed by atoms with E-state index in [4.69, 9.17) is 5.73 Å². The van der Waals surface area contributed by atoms with Gasteiger partial charge >= 0.3 is 11.9 Å². The number of methoxy groups -OCH3 is 1. The fourth-order valence-corrected chi connectivity index (χ4v) is 1.42. The molecule has 7 nitrogen and oxygen atoms in total. The van der Waals surface area contributed by atoms with Crippen LogP contribution in [0.15, 0.2) is 18.2 Å². The lowest BCUT2D eigenvalue weighted by Gasteiger charge is -2.12. The molecule has 1 atom stereocenters. The summed E-state index contributed by atoms with van der Waals surface area (Å²) in [6.07, 6.45) is 0. The highest BCUT2D eigenvalue weighted by Gasteiger charge is 2.24. The maximum Gasteiger partial charge on any atom is 0.337 e. The summed E-state index contributed by atoms with van der Waals surface area (Å²) in [5.41, 5.74) is 5.12. The van der Waals surface area contributed by atoms with E-state index in [2.05, 4.69) is 14.8 Å². The van der Waals surface area contributed by atoms with Crippen molar-refractivity contribution >= 4 is 23.5 Å². The Morgan fingerprint density at radius 2 is 2.05 bits per heavy atom. The van der Waals surface area contributed by atoms with Crippen molar-refractivity contribution in [2.45, 2.75) is 13.0 Å². The Balaban J connectivity index is 2.89. The molecular formula is C13H15FN2O5. The number of benzene rings is 1. The summed E-state index contributed by atoms with van der Waals surface area (Å²) in [5, 5.41) is 2.12. The van der Waals surface area contributed by atoms with Crippen LogP contribution in [0.1, 0.15) is 17.3 Å². The van der Waals surface area contributed by atoms with E-state index in [-0.39, 0.29) is 17.9 Å². The third-order valence-electron chi connectivity index (χ3n) is 2.47. The number of rotatable bonds is 5. The van der Waals surface area contributed by atoms with E-state index in [0.29, 0.717) is 0 Å². The number of amides is 1. The Hall–Kier alpha value is -2.48. The molecule has 0 aliphatic heterocycles. The molecule has 0 heterocycles. The minimum Gasteiger partial charge on any atom is -0.465 e. The summed E-state index contributed by atoms with van der Waals surface area (Å²) >= 11 is 0. The third kappa shape index (κ3) is 4.25. The van der Waals surface area contributed by atoms with Crippen LogP contribution in [0.5, 0.6) is 0 Å². The molecule has 21 heavy (non-hydrogen) atoms. The van der Waals surface area contributed by atoms with E-state index in [0.717, 1.165) is 12.1 Å². The number of nitrogens with two attached hydrogens (primary N) is 1. The van der Waals surface area contributed by atoms with Crippen LogP contribution in [-0.2, 0) is 19.1 Å². The minimum absolute atomic E-state index is 0.0407. The quantitative estimate of drug-likeness (QED) is 0.603. The van der Waals surface area contributed by atoms with Crippen LogP contribution in [0, 0.1) is 5.82 Å². The van der Waals surface area contributed by atoms with Gasteiger partial charge in [0, 0.05) is 0 Å². The summed E-state index contributed by atoms with van der Waals surface area (Å²) < 4.78 is 22.6. The van der Waals surface area contributed by atoms with Gasteiger partial charge in [-0.3, -0.25) is 4.79 Å². The van der Waals surface area contributed by atoms with Gasteiger partial charge in [0.25, 0.3) is 5.91 Å². The number of anilines is 1. The second-order valence-electron chi connectivity index (χ2n) is 3.91. The molecule has 0 aliphatic rings. The smallest absolute Gasteiger partial charge is 0.337 e. The molecule has 114 valence electrons. The van der Waals surface area contributed by atoms with Crippen LogP contribution < -0.4 is 11.1 Å². The standard InChI is InChI=1S/C13H15FN2O5/c1-3-21-13(19)10(15)11(17)16-9-6-7(12(18)20-2)4-5-8(9)14/h4-6,10H,3,15H2,1-2H3,(H,16,17). The van der Waals surface area contributed by atoms with Crippen LogP contribution >= 0.6 is 0 Å². The molecule has 0 radical (unpaired) electrons. The lowest BCUT2D eigenvalue weighted by atomic mass is 10.2. The van der Waals surface area contributed by atoms with Gasteiger partial charge in [-0.2, -0.15) is 0 Å². The van der Waals surface area contributed by atoms with Crippen LogP contribution in [0.25, 0.3) is 0 Å². The molecule has 8 heteroatoms. The zero-order valence-corrected chi connectivity index (χ0v) is 11.5. The lowest BCUT2D eigenvalue weighted by Crippen LogP contribution is -2.43. The van der Waals surface area contributed by atoms with Gasteiger partial charge in [-0.25, -0.2) is 14.0 Å². The number of hydrogen-bond donors (Lipinski definition) is 2. The van der Waals surface area contributed by atoms with E-state index in [1.54, 1.807) is 6.92 Å². The molecule has 0 saturated carbocycles. The lowest BCUT2D eigenvalue weighted by molar-refractivity contribution is -0.146. The number of esters is 2. The monoisotopic (exact) mass is 298 g/mol. The van der Waals surface area contributed by atoms with Gasteiger partial charge < -0.3 is 20.5 Å². The Bertz CT molecular complexity index is 561. The molecule has 1 aromatic rings. The van der Waals surface area contributed by atoms with Crippen molar-refractivity contribution in [2.24, 2.45) is 5.73 Å². The molecular weight excluding hydrogens is 283 g/mol. The highest BCUT2D eigenvalue weighted by Crippen LogP contribution is 2.17. The van der Waals surface area contributed by atoms with Crippen molar-refractivity contribution in [3.05, 3.63) is 29.6 Å². The van der Waals surface area contributed by atoms with Crippen LogP contribution in [0.2, 0.25) is 0 Å². The molecule has 0 saturated heterocycles. The fourth-order valence-electron chi connectivity index (χ4n) is 1.42. The molecule has 1 rings (SSSR count). The predicted octanol–water partition coefficient (Wildman–Crippen LogP) is 0.441. The molecule has 3 N–H and O–H groups in total. The zero-order valence-electron chi connectivity index (χ0n) is 11.5. The fraction of sp³-hybridized carbons (Fsp3) is 0.308. The number of carbonyl (C=O) groups excluding carboxylic acids is 3. The normalized spacial score (nSPS) is 11.4. The number of hydrogen-bond acceptors (Lipinski definition) is 6. The molecule has 0 fully saturated rings. The third-order valence-corrected chi connectivity index (χ3v) is 2.47. The maximum absolute atomic E-state index is 13.6. The molecule has 0 bridgehead atoms. The van der Waals surface area contributed by atoms with Gasteiger partial charge in [-0.05, 0) is 25.1 Å². The average molecular weight is 298 g/mol. The van der Waals surface area contributed by atoms with Crippen molar-refractivity contribution in [1.29, 1.82) is 0 Å². The first-order valence-corrected chi connectivity index (χ1v) is 6.01. The molecule has 0 aromatic heterocycles. The van der Waals surface area contributed by atoms with Crippen molar-refractivity contribution in [1.82, 2.24) is 0 Å². The van der Waals surface area contributed by atoms with Gasteiger partial charge in [0.2, 0.25) is 0 Å². The van der Waals surface area contributed by atoms with Crippen LogP contribution in [-0.4, -0.2) is 37.6 Å². The van der Waals surface area contributed by atoms with Crippen LogP contribution in [0.4, 0.5) is 10.1 Å². The summed E-state index contributed by atoms with van der Waals surface area (Å²) in [7, 11) is 1.17. The number of carbonyl (C=O) groups is 3. The summed E-state index contributed by atoms with van der Waals surface area (Å²) in [6, 6.07) is 1.67. The average Bonchev–Trinajstić information content (AvgIpc) is 2.47. The minimum atomic E-state index is -1.59. The second-order valence-corrected chi connectivity index (χ2v) is 3.91. The van der Waals surface area contributed by atoms with Gasteiger partial charge in [0.05, 0.1) is 25.0 Å². The van der Waals surface area contributed by atoms with Gasteiger partial charge in [-0.15, -0.1) is 0 Å². The number of nitrogens with one attached hydrogen (secondary N) is 1. The van der Waals surface area contributed by atoms with Gasteiger partial charge in [-0.1, -0.05) is 0 Å². The number of ether oxygens (including phenoxy) is 2. The Morgan fingerprint density at radius 1 is 1.38 bits per heavy atom. The van der Waals surface area contributed by atoms with Crippen molar-refractivity contribution in [3.8, 4) is 0 Å². The van der Waals surface area contributed by atoms with Crippen molar-refractivity contribution < 1.29 is 28.2 Å². The Kier molecular flexibility index (Phi) is 5.79. The van der Waals surface area contributed by atoms with Crippen LogP contribution in [0.3, 0.4) is 0 Å². The van der Waals surface area contributed by atoms with Gasteiger partial charge in [0.1, 0.15) is 5.82 Å². The highest BCUT2D eigenvalue weighted by atomic mass is 19.1. The van der Waals surface area contributed by atoms with Gasteiger partial charge in [0.15, 0.2) is 6.04 Å². The van der Waals surface area contributed by atoms with E-state index in [1.807, 2.05) is 0 Å². The summed E-state index contributed by atoms with van der Waals surface area (Å²) in [5.74, 6) is -3.36. The largest absolute Gasteiger partial charge is 0.465 e. The first-order valence-electron chi connectivity index (χ1n) is 6.01. The number of halogens is 1.